The molecule has 2 bridgehead atoms. The molecule has 1 aromatic carbocycles. The number of rotatable bonds is 6. The van der Waals surface area contributed by atoms with E-state index in [1.807, 2.05) is 0 Å². The molecule has 1 N–H and O–H groups in total. The Morgan fingerprint density at radius 1 is 0.765 bits per heavy atom. The van der Waals surface area contributed by atoms with Crippen LogP contribution in [0.3, 0.4) is 0 Å². The van der Waals surface area contributed by atoms with Crippen LogP contribution in [0.4, 0.5) is 0 Å². The Balaban J connectivity index is 2.45. The molecule has 1 aromatic rings. The normalized spacial score (nSPS) is 31.7. The minimum Gasteiger partial charge on any atom is -0.541 e. The van der Waals surface area contributed by atoms with Crippen molar-refractivity contribution in [3.63, 3.8) is 0 Å². The molecule has 0 radical (unpaired) electrons. The summed E-state index contributed by atoms with van der Waals surface area (Å²) in [6.45, 7) is 39.0. The van der Waals surface area contributed by atoms with Gasteiger partial charge in [-0.25, -0.2) is 0 Å². The number of methoxy groups -OCH3 is 2. The molecular formula is C43H78O6Si2. The molecule has 0 aromatic heterocycles. The standard InChI is InChI=1S/C43H78O6Si2/c1-26-20-21-35-30(5)37(48-50(16,17)42(8,9)10)31(6)39(47-35)36-33(25-34(44)29(4)24-28(3)23-27(2)22-26)38(45-14)32(7)40(46-15)41(36)49-51(18,19)43(11,12)13/h22,26,28-31,34-35,37,39,44H,20-21,23-25H2,1-19H3/b27-22-/t26-,28+,29-,30-,31+,34-,35+,37-,39+/m0/s1. The van der Waals surface area contributed by atoms with Crippen molar-refractivity contribution in [2.24, 2.45) is 29.6 Å². The first-order valence-electron chi connectivity index (χ1n) is 19.9. The molecular weight excluding hydrogens is 669 g/mol. The molecule has 6 nitrogen and oxygen atoms in total. The van der Waals surface area contributed by atoms with Gasteiger partial charge in [-0.2, -0.15) is 0 Å². The highest BCUT2D eigenvalue weighted by Gasteiger charge is 2.50. The number of hydrogen-bond acceptors (Lipinski definition) is 6. The van der Waals surface area contributed by atoms with E-state index in [0.717, 1.165) is 53.9 Å². The zero-order chi connectivity index (χ0) is 39.0. The monoisotopic (exact) mass is 747 g/mol. The third-order valence-corrected chi connectivity index (χ3v) is 22.0. The number of aliphatic hydroxyl groups is 1. The molecule has 1 fully saturated rings. The lowest BCUT2D eigenvalue weighted by molar-refractivity contribution is -0.165. The number of benzene rings is 1. The van der Waals surface area contributed by atoms with Gasteiger partial charge < -0.3 is 28.2 Å². The van der Waals surface area contributed by atoms with Crippen LogP contribution in [-0.2, 0) is 15.6 Å². The molecule has 1 saturated heterocycles. The van der Waals surface area contributed by atoms with Crippen LogP contribution < -0.4 is 13.9 Å². The summed E-state index contributed by atoms with van der Waals surface area (Å²) < 4.78 is 34.9. The van der Waals surface area contributed by atoms with Crippen molar-refractivity contribution in [2.75, 3.05) is 14.2 Å². The van der Waals surface area contributed by atoms with E-state index in [1.54, 1.807) is 14.2 Å². The number of fused-ring (bicyclic) bond motifs is 4. The lowest BCUT2D eigenvalue weighted by atomic mass is 9.76. The van der Waals surface area contributed by atoms with Crippen molar-refractivity contribution in [3.8, 4) is 17.2 Å². The van der Waals surface area contributed by atoms with Gasteiger partial charge in [-0.1, -0.05) is 87.8 Å². The van der Waals surface area contributed by atoms with Crippen LogP contribution in [0.2, 0.25) is 36.3 Å². The van der Waals surface area contributed by atoms with E-state index in [0.29, 0.717) is 24.0 Å². The molecule has 0 saturated carbocycles. The van der Waals surface area contributed by atoms with Gasteiger partial charge in [-0.05, 0) is 93.5 Å². The molecule has 0 unspecified atom stereocenters. The summed E-state index contributed by atoms with van der Waals surface area (Å²) in [5, 5.41) is 12.1. The number of aliphatic hydroxyl groups excluding tert-OH is 1. The first kappa shape index (κ1) is 44.1. The Kier molecular flexibility index (Phi) is 14.3. The summed E-state index contributed by atoms with van der Waals surface area (Å²) in [5.74, 6) is 3.43. The number of allylic oxidation sites excluding steroid dienone is 2. The van der Waals surface area contributed by atoms with Crippen molar-refractivity contribution in [1.29, 1.82) is 0 Å². The van der Waals surface area contributed by atoms with Gasteiger partial charge in [0.05, 0.1) is 38.6 Å². The van der Waals surface area contributed by atoms with Crippen molar-refractivity contribution in [1.82, 2.24) is 0 Å². The third-order valence-electron chi connectivity index (χ3n) is 13.2. The zero-order valence-electron chi connectivity index (χ0n) is 36.3. The maximum atomic E-state index is 12.1. The van der Waals surface area contributed by atoms with Crippen LogP contribution in [-0.4, -0.2) is 54.3 Å². The minimum absolute atomic E-state index is 0.0102. The van der Waals surface area contributed by atoms with Crippen LogP contribution in [0.5, 0.6) is 17.2 Å². The van der Waals surface area contributed by atoms with Crippen molar-refractivity contribution < 1.29 is 28.2 Å². The highest BCUT2D eigenvalue weighted by molar-refractivity contribution is 6.75. The van der Waals surface area contributed by atoms with Crippen LogP contribution in [0.15, 0.2) is 11.6 Å². The van der Waals surface area contributed by atoms with Gasteiger partial charge in [0.15, 0.2) is 19.8 Å². The molecule has 0 spiro atoms. The lowest BCUT2D eigenvalue weighted by Gasteiger charge is -2.50. The molecule has 8 heteroatoms. The van der Waals surface area contributed by atoms with E-state index in [4.69, 9.17) is 23.1 Å². The van der Waals surface area contributed by atoms with Gasteiger partial charge in [0.25, 0.3) is 8.32 Å². The highest BCUT2D eigenvalue weighted by Crippen LogP contribution is 2.55. The van der Waals surface area contributed by atoms with Crippen LogP contribution in [0, 0.1) is 36.5 Å². The summed E-state index contributed by atoms with van der Waals surface area (Å²) in [7, 11) is -1.07. The second kappa shape index (κ2) is 16.6. The van der Waals surface area contributed by atoms with Crippen LogP contribution in [0.1, 0.15) is 132 Å². The minimum atomic E-state index is -2.38. The van der Waals surface area contributed by atoms with Crippen LogP contribution >= 0.6 is 0 Å². The van der Waals surface area contributed by atoms with Crippen molar-refractivity contribution in [2.45, 2.75) is 183 Å². The molecule has 294 valence electrons. The predicted molar refractivity (Wildman–Crippen MR) is 220 cm³/mol. The third kappa shape index (κ3) is 9.87. The predicted octanol–water partition coefficient (Wildman–Crippen LogP) is 11.8. The summed E-state index contributed by atoms with van der Waals surface area (Å²) in [6.07, 6.45) is 5.94. The fourth-order valence-electron chi connectivity index (χ4n) is 8.01. The maximum Gasteiger partial charge on any atom is 0.250 e. The Labute approximate surface area is 316 Å². The number of ether oxygens (including phenoxy) is 3. The largest absolute Gasteiger partial charge is 0.541 e. The highest BCUT2D eigenvalue weighted by atomic mass is 28.4. The molecule has 51 heavy (non-hydrogen) atoms. The Morgan fingerprint density at radius 2 is 1.33 bits per heavy atom. The van der Waals surface area contributed by atoms with Crippen molar-refractivity contribution in [3.05, 3.63) is 28.3 Å². The van der Waals surface area contributed by atoms with Gasteiger partial charge in [0.1, 0.15) is 5.75 Å². The smallest absolute Gasteiger partial charge is 0.250 e. The Bertz CT molecular complexity index is 1360. The fraction of sp³-hybridized carbons (Fsp3) is 0.814. The topological polar surface area (TPSA) is 66.4 Å². The molecule has 2 aliphatic rings. The summed E-state index contributed by atoms with van der Waals surface area (Å²) in [6, 6.07) is 0. The van der Waals surface area contributed by atoms with E-state index in [1.165, 1.54) is 5.57 Å². The molecule has 9 atom stereocenters. The Hall–Kier alpha value is -1.33. The SMILES string of the molecule is COc1c(C)c(OC)c(O[Si](C)(C)C(C)(C)C)c2c1C[C@H](O)[C@@H](C)C[C@H](C)C/C(C)=C\[C@@H](C)CC[C@H]1O[C@@H]2[C@H](C)[C@@H](O[Si](C)(C)C(C)(C)C)[C@H]1C. The summed E-state index contributed by atoms with van der Waals surface area (Å²) in [5.41, 5.74) is 4.29. The molecule has 0 aliphatic carbocycles. The molecule has 3 rings (SSSR count). The molecule has 2 aliphatic heterocycles. The second-order valence-electron chi connectivity index (χ2n) is 19.8. The van der Waals surface area contributed by atoms with Crippen LogP contribution in [0.25, 0.3) is 0 Å². The van der Waals surface area contributed by atoms with E-state index in [-0.39, 0.29) is 46.1 Å². The first-order valence-corrected chi connectivity index (χ1v) is 25.7. The van der Waals surface area contributed by atoms with Gasteiger partial charge in [0, 0.05) is 34.9 Å². The van der Waals surface area contributed by atoms with E-state index in [9.17, 15) is 5.11 Å². The zero-order valence-corrected chi connectivity index (χ0v) is 38.3. The van der Waals surface area contributed by atoms with E-state index < -0.39 is 22.7 Å². The Morgan fingerprint density at radius 3 is 1.86 bits per heavy atom. The molecule has 0 amide bonds. The summed E-state index contributed by atoms with van der Waals surface area (Å²) >= 11 is 0. The van der Waals surface area contributed by atoms with Gasteiger partial charge in [-0.3, -0.25) is 0 Å². The maximum absolute atomic E-state index is 12.1. The molecule has 2 heterocycles. The average molecular weight is 747 g/mol. The lowest BCUT2D eigenvalue weighted by Crippen LogP contribution is -2.53. The van der Waals surface area contributed by atoms with E-state index in [2.05, 4.69) is 122 Å². The van der Waals surface area contributed by atoms with Gasteiger partial charge in [-0.15, -0.1) is 0 Å². The van der Waals surface area contributed by atoms with E-state index >= 15 is 0 Å². The first-order chi connectivity index (χ1) is 23.3. The second-order valence-corrected chi connectivity index (χ2v) is 29.3. The fourth-order valence-corrected chi connectivity index (χ4v) is 10.5. The average Bonchev–Trinajstić information content (AvgIpc) is 2.97. The van der Waals surface area contributed by atoms with Gasteiger partial charge in [0.2, 0.25) is 0 Å². The van der Waals surface area contributed by atoms with Crippen molar-refractivity contribution >= 4 is 16.6 Å². The summed E-state index contributed by atoms with van der Waals surface area (Å²) in [4.78, 5) is 0. The number of hydrogen-bond donors (Lipinski definition) is 1. The quantitative estimate of drug-likeness (QED) is 0.231. The van der Waals surface area contributed by atoms with Gasteiger partial charge >= 0.3 is 0 Å².